The number of halogens is 7. The van der Waals surface area contributed by atoms with Gasteiger partial charge in [0.2, 0.25) is 5.91 Å². The summed E-state index contributed by atoms with van der Waals surface area (Å²) >= 11 is 6.27. The normalized spacial score (nSPS) is 20.6. The van der Waals surface area contributed by atoms with Crippen molar-refractivity contribution >= 4 is 29.3 Å². The SMILES string of the molecule is CC(=O)N1CCC2(CC1)CN(c1cc(Cl)ccc1CN1CCN(C(=O)OC(C(F)(F)F)C(F)(F)F)CC1)C2. The summed E-state index contributed by atoms with van der Waals surface area (Å²) < 4.78 is 80.2. The maximum absolute atomic E-state index is 12.7. The number of piperidine rings is 1. The Morgan fingerprint density at radius 3 is 2.05 bits per heavy atom. The Hall–Kier alpha value is -2.41. The Bertz CT molecular complexity index is 1010. The molecule has 3 saturated heterocycles. The monoisotopic (exact) mass is 570 g/mol. The molecule has 2 amide bonds. The standard InChI is InChI=1S/C24H29ClF6N4O3/c1-16(36)33-6-4-22(5-7-33)14-35(15-22)19-12-18(25)3-2-17(19)13-32-8-10-34(11-9-32)21(37)38-20(23(26,27)28)24(29,30)31/h2-3,12,20H,4-11,13-15H2,1H3. The molecule has 0 atom stereocenters. The first kappa shape index (κ1) is 28.6. The van der Waals surface area contributed by atoms with Crippen LogP contribution in [-0.4, -0.2) is 97.5 Å². The first-order chi connectivity index (χ1) is 17.7. The summed E-state index contributed by atoms with van der Waals surface area (Å²) in [5.74, 6) is 0.0852. The Labute approximate surface area is 221 Å². The van der Waals surface area contributed by atoms with Gasteiger partial charge in [-0.3, -0.25) is 9.69 Å². The van der Waals surface area contributed by atoms with Crippen LogP contribution in [0.4, 0.5) is 36.8 Å². The van der Waals surface area contributed by atoms with Crippen LogP contribution in [0.1, 0.15) is 25.3 Å². The van der Waals surface area contributed by atoms with Crippen LogP contribution in [0.25, 0.3) is 0 Å². The van der Waals surface area contributed by atoms with Crippen molar-refractivity contribution in [1.82, 2.24) is 14.7 Å². The lowest BCUT2D eigenvalue weighted by Gasteiger charge is -2.55. The van der Waals surface area contributed by atoms with Gasteiger partial charge in [0.25, 0.3) is 6.10 Å². The maximum atomic E-state index is 12.7. The Balaban J connectivity index is 1.32. The highest BCUT2D eigenvalue weighted by atomic mass is 35.5. The third kappa shape index (κ3) is 6.41. The average Bonchev–Trinajstić information content (AvgIpc) is 2.81. The van der Waals surface area contributed by atoms with Crippen molar-refractivity contribution in [2.24, 2.45) is 5.41 Å². The topological polar surface area (TPSA) is 56.3 Å². The van der Waals surface area contributed by atoms with Gasteiger partial charge in [-0.1, -0.05) is 17.7 Å². The third-order valence-electron chi connectivity index (χ3n) is 7.55. The molecule has 3 aliphatic heterocycles. The van der Waals surface area contributed by atoms with Gasteiger partial charge in [-0.2, -0.15) is 26.3 Å². The molecule has 14 heteroatoms. The van der Waals surface area contributed by atoms with Crippen LogP contribution in [0, 0.1) is 5.41 Å². The zero-order valence-electron chi connectivity index (χ0n) is 20.7. The smallest absolute Gasteiger partial charge is 0.426 e. The van der Waals surface area contributed by atoms with Crippen molar-refractivity contribution in [3.05, 3.63) is 28.8 Å². The molecule has 1 aromatic carbocycles. The molecule has 1 spiro atoms. The number of rotatable bonds is 4. The first-order valence-corrected chi connectivity index (χ1v) is 12.6. The molecule has 0 aliphatic carbocycles. The molecule has 0 radical (unpaired) electrons. The van der Waals surface area contributed by atoms with Gasteiger partial charge < -0.3 is 19.4 Å². The fourth-order valence-corrected chi connectivity index (χ4v) is 5.50. The van der Waals surface area contributed by atoms with E-state index >= 15 is 0 Å². The maximum Gasteiger partial charge on any atom is 0.434 e. The van der Waals surface area contributed by atoms with Crippen LogP contribution < -0.4 is 4.90 Å². The number of benzene rings is 1. The highest BCUT2D eigenvalue weighted by Crippen LogP contribution is 2.44. The lowest BCUT2D eigenvalue weighted by atomic mass is 9.71. The first-order valence-electron chi connectivity index (χ1n) is 12.3. The number of carbonyl (C=O) groups is 2. The van der Waals surface area contributed by atoms with Gasteiger partial charge in [0.15, 0.2) is 0 Å². The van der Waals surface area contributed by atoms with Crippen LogP contribution in [0.15, 0.2) is 18.2 Å². The quantitative estimate of drug-likeness (QED) is 0.498. The van der Waals surface area contributed by atoms with Crippen LogP contribution in [0.3, 0.4) is 0 Å². The van der Waals surface area contributed by atoms with Crippen molar-refractivity contribution in [3.8, 4) is 0 Å². The van der Waals surface area contributed by atoms with Gasteiger partial charge in [0.05, 0.1) is 0 Å². The molecule has 0 bridgehead atoms. The van der Waals surface area contributed by atoms with Gasteiger partial charge in [-0.15, -0.1) is 0 Å². The number of ether oxygens (including phenoxy) is 1. The van der Waals surface area contributed by atoms with Gasteiger partial charge in [-0.05, 0) is 30.5 Å². The fourth-order valence-electron chi connectivity index (χ4n) is 5.34. The number of hydrogen-bond acceptors (Lipinski definition) is 5. The third-order valence-corrected chi connectivity index (χ3v) is 7.78. The number of nitrogens with zero attached hydrogens (tertiary/aromatic N) is 4. The van der Waals surface area contributed by atoms with E-state index in [9.17, 15) is 35.9 Å². The van der Waals surface area contributed by atoms with E-state index in [0.29, 0.717) is 11.6 Å². The Morgan fingerprint density at radius 2 is 1.53 bits per heavy atom. The van der Waals surface area contributed by atoms with Gasteiger partial charge in [-0.25, -0.2) is 4.79 Å². The summed E-state index contributed by atoms with van der Waals surface area (Å²) in [7, 11) is 0. The van der Waals surface area contributed by atoms with Crippen molar-refractivity contribution in [2.45, 2.75) is 44.8 Å². The van der Waals surface area contributed by atoms with E-state index in [1.165, 1.54) is 0 Å². The van der Waals surface area contributed by atoms with Crippen LogP contribution >= 0.6 is 11.6 Å². The minimum Gasteiger partial charge on any atom is -0.426 e. The fraction of sp³-hybridized carbons (Fsp3) is 0.667. The minimum absolute atomic E-state index is 0.0658. The lowest BCUT2D eigenvalue weighted by molar-refractivity contribution is -0.308. The average molecular weight is 571 g/mol. The summed E-state index contributed by atoms with van der Waals surface area (Å²) in [5, 5.41) is 0.576. The number of amides is 2. The second-order valence-electron chi connectivity index (χ2n) is 10.2. The molecule has 3 aliphatic rings. The molecule has 212 valence electrons. The lowest BCUT2D eigenvalue weighted by Crippen LogP contribution is -2.61. The molecule has 3 fully saturated rings. The van der Waals surface area contributed by atoms with E-state index in [-0.39, 0.29) is 37.5 Å². The van der Waals surface area contributed by atoms with Crippen molar-refractivity contribution < 1.29 is 40.7 Å². The second kappa shape index (κ2) is 10.6. The van der Waals surface area contributed by atoms with E-state index in [4.69, 9.17) is 11.6 Å². The molecular formula is C24H29ClF6N4O3. The summed E-state index contributed by atoms with van der Waals surface area (Å²) in [6.45, 7) is 5.59. The van der Waals surface area contributed by atoms with E-state index in [0.717, 1.165) is 55.2 Å². The molecule has 38 heavy (non-hydrogen) atoms. The van der Waals surface area contributed by atoms with Crippen LogP contribution in [0.2, 0.25) is 5.02 Å². The van der Waals surface area contributed by atoms with Crippen molar-refractivity contribution in [1.29, 1.82) is 0 Å². The van der Waals surface area contributed by atoms with Crippen LogP contribution in [-0.2, 0) is 16.1 Å². The van der Waals surface area contributed by atoms with Gasteiger partial charge >= 0.3 is 18.4 Å². The van der Waals surface area contributed by atoms with Gasteiger partial charge in [0, 0.05) is 82.0 Å². The van der Waals surface area contributed by atoms with E-state index in [2.05, 4.69) is 9.64 Å². The molecule has 0 saturated carbocycles. The molecule has 7 nitrogen and oxygen atoms in total. The second-order valence-corrected chi connectivity index (χ2v) is 10.7. The zero-order valence-corrected chi connectivity index (χ0v) is 21.5. The molecule has 0 unspecified atom stereocenters. The van der Waals surface area contributed by atoms with Crippen molar-refractivity contribution in [3.63, 3.8) is 0 Å². The summed E-state index contributed by atoms with van der Waals surface area (Å²) in [4.78, 5) is 30.6. The summed E-state index contributed by atoms with van der Waals surface area (Å²) in [6, 6.07) is 5.55. The zero-order chi connectivity index (χ0) is 27.9. The predicted molar refractivity (Wildman–Crippen MR) is 127 cm³/mol. The molecule has 0 N–H and O–H groups in total. The number of anilines is 1. The number of likely N-dealkylation sites (tertiary alicyclic amines) is 1. The predicted octanol–water partition coefficient (Wildman–Crippen LogP) is 4.54. The van der Waals surface area contributed by atoms with Crippen LogP contribution in [0.5, 0.6) is 0 Å². The summed E-state index contributed by atoms with van der Waals surface area (Å²) in [5.41, 5.74) is 2.11. The minimum atomic E-state index is -5.75. The number of carbonyl (C=O) groups excluding carboxylic acids is 2. The molecule has 0 aromatic heterocycles. The van der Waals surface area contributed by atoms with Crippen molar-refractivity contribution in [2.75, 3.05) is 57.3 Å². The van der Waals surface area contributed by atoms with Gasteiger partial charge in [0.1, 0.15) is 0 Å². The number of hydrogen-bond donors (Lipinski definition) is 0. The van der Waals surface area contributed by atoms with E-state index in [1.54, 1.807) is 13.0 Å². The number of alkyl halides is 6. The largest absolute Gasteiger partial charge is 0.434 e. The van der Waals surface area contributed by atoms with E-state index < -0.39 is 24.5 Å². The highest BCUT2D eigenvalue weighted by Gasteiger charge is 2.60. The Morgan fingerprint density at radius 1 is 0.947 bits per heavy atom. The summed E-state index contributed by atoms with van der Waals surface area (Å²) in [6.07, 6.45) is -15.4. The Kier molecular flexibility index (Phi) is 8.00. The highest BCUT2D eigenvalue weighted by molar-refractivity contribution is 6.30. The van der Waals surface area contributed by atoms with E-state index in [1.807, 2.05) is 21.9 Å². The molecule has 1 aromatic rings. The molecule has 3 heterocycles. The molecular weight excluding hydrogens is 542 g/mol. The molecule has 4 rings (SSSR count). The number of piperazine rings is 1.